The normalized spacial score (nSPS) is 13.4. The van der Waals surface area contributed by atoms with Crippen LogP contribution >= 0.6 is 11.3 Å². The van der Waals surface area contributed by atoms with Crippen molar-refractivity contribution in [1.29, 1.82) is 0 Å². The smallest absolute Gasteiger partial charge is 0.0331 e. The molecule has 1 heterocycles. The molecule has 1 unspecified atom stereocenters. The van der Waals surface area contributed by atoms with E-state index in [1.165, 1.54) is 4.88 Å². The minimum atomic E-state index is 0.530. The van der Waals surface area contributed by atoms with Crippen LogP contribution < -0.4 is 5.73 Å². The van der Waals surface area contributed by atoms with Crippen LogP contribution in [0.1, 0.15) is 25.1 Å². The molecule has 80 valence electrons. The van der Waals surface area contributed by atoms with E-state index in [4.69, 9.17) is 5.73 Å². The van der Waals surface area contributed by atoms with Crippen molar-refractivity contribution in [3.63, 3.8) is 0 Å². The number of rotatable bonds is 6. The fourth-order valence-electron chi connectivity index (χ4n) is 1.68. The van der Waals surface area contributed by atoms with Gasteiger partial charge in [0.2, 0.25) is 0 Å². The lowest BCUT2D eigenvalue weighted by molar-refractivity contribution is 0.198. The number of likely N-dealkylation sites (N-methyl/N-ethyl adjacent to an activating group) is 1. The average molecular weight is 212 g/mol. The zero-order chi connectivity index (χ0) is 10.4. The van der Waals surface area contributed by atoms with Gasteiger partial charge in [0.1, 0.15) is 0 Å². The molecule has 14 heavy (non-hydrogen) atoms. The molecule has 3 heteroatoms. The average Bonchev–Trinajstić information content (AvgIpc) is 2.70. The molecule has 0 aliphatic carbocycles. The minimum absolute atomic E-state index is 0.530. The van der Waals surface area contributed by atoms with Crippen molar-refractivity contribution in [3.05, 3.63) is 22.4 Å². The molecular weight excluding hydrogens is 192 g/mol. The summed E-state index contributed by atoms with van der Waals surface area (Å²) < 4.78 is 0. The first kappa shape index (κ1) is 11.7. The molecule has 0 bridgehead atoms. The molecule has 0 spiro atoms. The number of thiophene rings is 1. The van der Waals surface area contributed by atoms with Gasteiger partial charge in [-0.1, -0.05) is 19.9 Å². The molecule has 0 amide bonds. The van der Waals surface area contributed by atoms with E-state index in [9.17, 15) is 0 Å². The molecule has 1 atom stereocenters. The molecule has 0 saturated heterocycles. The Kier molecular flexibility index (Phi) is 5.15. The van der Waals surface area contributed by atoms with Gasteiger partial charge in [-0.05, 0) is 24.4 Å². The monoisotopic (exact) mass is 212 g/mol. The maximum atomic E-state index is 5.75. The van der Waals surface area contributed by atoms with Crippen LogP contribution in [0.4, 0.5) is 0 Å². The molecule has 1 aromatic heterocycles. The largest absolute Gasteiger partial charge is 0.329 e. The van der Waals surface area contributed by atoms with Crippen LogP contribution in [-0.4, -0.2) is 24.0 Å². The van der Waals surface area contributed by atoms with E-state index in [2.05, 4.69) is 36.3 Å². The highest BCUT2D eigenvalue weighted by Gasteiger charge is 2.13. The van der Waals surface area contributed by atoms with E-state index in [1.807, 2.05) is 11.3 Å². The highest BCUT2D eigenvalue weighted by Crippen LogP contribution is 2.14. The number of nitrogens with two attached hydrogens (primary N) is 1. The van der Waals surface area contributed by atoms with Gasteiger partial charge in [-0.25, -0.2) is 0 Å². The molecule has 1 rings (SSSR count). The molecule has 0 radical (unpaired) electrons. The van der Waals surface area contributed by atoms with Gasteiger partial charge < -0.3 is 5.73 Å². The third-order valence-electron chi connectivity index (χ3n) is 2.60. The van der Waals surface area contributed by atoms with Gasteiger partial charge in [-0.15, -0.1) is 11.3 Å². The highest BCUT2D eigenvalue weighted by atomic mass is 32.1. The number of hydrogen-bond acceptors (Lipinski definition) is 3. The summed E-state index contributed by atoms with van der Waals surface area (Å²) >= 11 is 1.82. The fraction of sp³-hybridized carbons (Fsp3) is 0.636. The van der Waals surface area contributed by atoms with Gasteiger partial charge in [0.25, 0.3) is 0 Å². The Labute approximate surface area is 90.7 Å². The maximum absolute atomic E-state index is 5.75. The molecule has 2 nitrogen and oxygen atoms in total. The predicted molar refractivity (Wildman–Crippen MR) is 63.5 cm³/mol. The first-order valence-corrected chi connectivity index (χ1v) is 6.16. The van der Waals surface area contributed by atoms with Crippen LogP contribution in [0, 0.1) is 0 Å². The zero-order valence-electron chi connectivity index (χ0n) is 9.07. The lowest BCUT2D eigenvalue weighted by Crippen LogP contribution is -2.39. The van der Waals surface area contributed by atoms with Crippen LogP contribution in [0.3, 0.4) is 0 Å². The Morgan fingerprint density at radius 1 is 1.50 bits per heavy atom. The summed E-state index contributed by atoms with van der Waals surface area (Å²) in [6.45, 7) is 7.29. The third-order valence-corrected chi connectivity index (χ3v) is 3.47. The van der Waals surface area contributed by atoms with Gasteiger partial charge in [0, 0.05) is 24.0 Å². The Morgan fingerprint density at radius 3 is 2.71 bits per heavy atom. The summed E-state index contributed by atoms with van der Waals surface area (Å²) in [5.74, 6) is 0. The van der Waals surface area contributed by atoms with Gasteiger partial charge in [0.05, 0.1) is 0 Å². The molecule has 0 fully saturated rings. The summed E-state index contributed by atoms with van der Waals surface area (Å²) in [7, 11) is 0. The van der Waals surface area contributed by atoms with Gasteiger partial charge >= 0.3 is 0 Å². The van der Waals surface area contributed by atoms with Gasteiger partial charge in [0.15, 0.2) is 0 Å². The van der Waals surface area contributed by atoms with Crippen molar-refractivity contribution in [2.45, 2.75) is 32.9 Å². The van der Waals surface area contributed by atoms with Crippen molar-refractivity contribution < 1.29 is 0 Å². The standard InChI is InChI=1S/C11H20N2S/c1-3-10(8-12)13(4-2)9-11-6-5-7-14-11/h5-7,10H,3-4,8-9,12H2,1-2H3. The summed E-state index contributed by atoms with van der Waals surface area (Å²) in [5.41, 5.74) is 5.75. The van der Waals surface area contributed by atoms with Gasteiger partial charge in [-0.2, -0.15) is 0 Å². The summed E-state index contributed by atoms with van der Waals surface area (Å²) in [5, 5.41) is 2.13. The Morgan fingerprint density at radius 2 is 2.29 bits per heavy atom. The van der Waals surface area contributed by atoms with Crippen LogP contribution in [0.25, 0.3) is 0 Å². The molecule has 1 aromatic rings. The Balaban J connectivity index is 2.53. The summed E-state index contributed by atoms with van der Waals surface area (Å²) in [6.07, 6.45) is 1.13. The van der Waals surface area contributed by atoms with Crippen molar-refractivity contribution in [3.8, 4) is 0 Å². The highest BCUT2D eigenvalue weighted by molar-refractivity contribution is 7.09. The fourth-order valence-corrected chi connectivity index (χ4v) is 2.41. The quantitative estimate of drug-likeness (QED) is 0.784. The first-order chi connectivity index (χ1) is 6.81. The topological polar surface area (TPSA) is 29.3 Å². The maximum Gasteiger partial charge on any atom is 0.0331 e. The lowest BCUT2D eigenvalue weighted by Gasteiger charge is -2.28. The second-order valence-electron chi connectivity index (χ2n) is 3.44. The molecule has 0 aliphatic rings. The van der Waals surface area contributed by atoms with Crippen LogP contribution in [0.2, 0.25) is 0 Å². The minimum Gasteiger partial charge on any atom is -0.329 e. The summed E-state index contributed by atoms with van der Waals surface area (Å²) in [4.78, 5) is 3.88. The van der Waals surface area contributed by atoms with Crippen LogP contribution in [0.5, 0.6) is 0 Å². The zero-order valence-corrected chi connectivity index (χ0v) is 9.89. The molecule has 0 saturated carbocycles. The first-order valence-electron chi connectivity index (χ1n) is 5.28. The van der Waals surface area contributed by atoms with E-state index in [1.54, 1.807) is 0 Å². The van der Waals surface area contributed by atoms with E-state index >= 15 is 0 Å². The van der Waals surface area contributed by atoms with Crippen LogP contribution in [0.15, 0.2) is 17.5 Å². The lowest BCUT2D eigenvalue weighted by atomic mass is 10.2. The van der Waals surface area contributed by atoms with Crippen molar-refractivity contribution in [1.82, 2.24) is 4.90 Å². The molecule has 2 N–H and O–H groups in total. The van der Waals surface area contributed by atoms with Crippen molar-refractivity contribution >= 4 is 11.3 Å². The second kappa shape index (κ2) is 6.17. The molecular formula is C11H20N2S. The van der Waals surface area contributed by atoms with Gasteiger partial charge in [-0.3, -0.25) is 4.90 Å². The van der Waals surface area contributed by atoms with E-state index < -0.39 is 0 Å². The van der Waals surface area contributed by atoms with Crippen LogP contribution in [-0.2, 0) is 6.54 Å². The SMILES string of the molecule is CCC(CN)N(CC)Cc1cccs1. The van der Waals surface area contributed by atoms with E-state index in [-0.39, 0.29) is 0 Å². The number of hydrogen-bond donors (Lipinski definition) is 1. The number of nitrogens with zero attached hydrogens (tertiary/aromatic N) is 1. The molecule has 0 aliphatic heterocycles. The molecule has 0 aromatic carbocycles. The Hall–Kier alpha value is -0.380. The third kappa shape index (κ3) is 3.08. The summed E-state index contributed by atoms with van der Waals surface area (Å²) in [6, 6.07) is 4.83. The van der Waals surface area contributed by atoms with Crippen molar-refractivity contribution in [2.24, 2.45) is 5.73 Å². The predicted octanol–water partition coefficient (Wildman–Crippen LogP) is 2.31. The van der Waals surface area contributed by atoms with E-state index in [0.717, 1.165) is 26.1 Å². The second-order valence-corrected chi connectivity index (χ2v) is 4.47. The van der Waals surface area contributed by atoms with Crippen molar-refractivity contribution in [2.75, 3.05) is 13.1 Å². The van der Waals surface area contributed by atoms with E-state index in [0.29, 0.717) is 6.04 Å². The Bertz CT molecular complexity index is 229.